The van der Waals surface area contributed by atoms with Crippen molar-refractivity contribution in [3.63, 3.8) is 0 Å². The molecule has 1 aliphatic rings. The molecule has 18 heavy (non-hydrogen) atoms. The van der Waals surface area contributed by atoms with Crippen molar-refractivity contribution >= 4 is 5.97 Å². The van der Waals surface area contributed by atoms with Gasteiger partial charge in [-0.05, 0) is 18.1 Å². The van der Waals surface area contributed by atoms with Crippen molar-refractivity contribution in [3.05, 3.63) is 35.1 Å². The summed E-state index contributed by atoms with van der Waals surface area (Å²) in [7, 11) is 1.52. The standard InChI is InChI=1S/C13H16FNO3/c1-18-7-9-3-2-8(4-11(9)14)12-5-10(6-15-12)13(16)17/h2-4,10,12,15H,5-7H2,1H3,(H,16,17). The molecule has 2 rings (SSSR count). The maximum Gasteiger partial charge on any atom is 0.307 e. The third-order valence-electron chi connectivity index (χ3n) is 3.26. The van der Waals surface area contributed by atoms with Gasteiger partial charge in [-0.25, -0.2) is 4.39 Å². The van der Waals surface area contributed by atoms with E-state index in [4.69, 9.17) is 9.84 Å². The molecule has 98 valence electrons. The normalized spacial score (nSPS) is 23.2. The Hall–Kier alpha value is -1.46. The molecule has 0 radical (unpaired) electrons. The molecular formula is C13H16FNO3. The Labute approximate surface area is 105 Å². The Bertz CT molecular complexity index is 450. The minimum Gasteiger partial charge on any atom is -0.481 e. The van der Waals surface area contributed by atoms with Crippen LogP contribution in [-0.4, -0.2) is 24.7 Å². The van der Waals surface area contributed by atoms with Gasteiger partial charge in [0.05, 0.1) is 12.5 Å². The van der Waals surface area contributed by atoms with E-state index in [1.165, 1.54) is 13.2 Å². The fraction of sp³-hybridized carbons (Fsp3) is 0.462. The van der Waals surface area contributed by atoms with Crippen LogP contribution in [0.2, 0.25) is 0 Å². The second kappa shape index (κ2) is 5.46. The summed E-state index contributed by atoms with van der Waals surface area (Å²) in [6.45, 7) is 0.670. The quantitative estimate of drug-likeness (QED) is 0.857. The summed E-state index contributed by atoms with van der Waals surface area (Å²) in [5.41, 5.74) is 1.30. The van der Waals surface area contributed by atoms with Gasteiger partial charge in [-0.2, -0.15) is 0 Å². The second-order valence-corrected chi connectivity index (χ2v) is 4.52. The number of carboxylic acids is 1. The van der Waals surface area contributed by atoms with Crippen LogP contribution in [0.25, 0.3) is 0 Å². The van der Waals surface area contributed by atoms with Crippen LogP contribution in [0.5, 0.6) is 0 Å². The number of ether oxygens (including phenoxy) is 1. The third kappa shape index (κ3) is 2.68. The zero-order valence-electron chi connectivity index (χ0n) is 10.1. The van der Waals surface area contributed by atoms with E-state index in [0.717, 1.165) is 5.56 Å². The summed E-state index contributed by atoms with van der Waals surface area (Å²) in [4.78, 5) is 10.9. The van der Waals surface area contributed by atoms with Crippen LogP contribution in [0.1, 0.15) is 23.6 Å². The Morgan fingerprint density at radius 2 is 2.39 bits per heavy atom. The zero-order chi connectivity index (χ0) is 13.1. The molecule has 0 spiro atoms. The van der Waals surface area contributed by atoms with Crippen LogP contribution < -0.4 is 5.32 Å². The number of nitrogens with one attached hydrogen (secondary N) is 1. The highest BCUT2D eigenvalue weighted by molar-refractivity contribution is 5.70. The summed E-state index contributed by atoms with van der Waals surface area (Å²) in [5.74, 6) is -1.51. The van der Waals surface area contributed by atoms with Gasteiger partial charge in [0.1, 0.15) is 5.82 Å². The third-order valence-corrected chi connectivity index (χ3v) is 3.26. The molecule has 2 N–H and O–H groups in total. The molecule has 0 saturated carbocycles. The number of hydrogen-bond acceptors (Lipinski definition) is 3. The minimum absolute atomic E-state index is 0.0859. The van der Waals surface area contributed by atoms with Crippen LogP contribution in [0.4, 0.5) is 4.39 Å². The Kier molecular flexibility index (Phi) is 3.93. The van der Waals surface area contributed by atoms with Crippen LogP contribution >= 0.6 is 0 Å². The minimum atomic E-state index is -0.804. The Morgan fingerprint density at radius 3 is 2.94 bits per heavy atom. The van der Waals surface area contributed by atoms with Gasteiger partial charge in [0.25, 0.3) is 0 Å². The summed E-state index contributed by atoms with van der Waals surface area (Å²) >= 11 is 0. The van der Waals surface area contributed by atoms with Gasteiger partial charge in [-0.15, -0.1) is 0 Å². The van der Waals surface area contributed by atoms with Crippen LogP contribution in [0.15, 0.2) is 18.2 Å². The molecule has 2 atom stereocenters. The lowest BCUT2D eigenvalue weighted by atomic mass is 9.99. The smallest absolute Gasteiger partial charge is 0.307 e. The lowest BCUT2D eigenvalue weighted by molar-refractivity contribution is -0.141. The summed E-state index contributed by atoms with van der Waals surface area (Å²) in [6.07, 6.45) is 0.498. The summed E-state index contributed by atoms with van der Waals surface area (Å²) < 4.78 is 18.6. The fourth-order valence-corrected chi connectivity index (χ4v) is 2.23. The van der Waals surface area contributed by atoms with E-state index in [1.54, 1.807) is 6.07 Å². The van der Waals surface area contributed by atoms with E-state index in [9.17, 15) is 9.18 Å². The van der Waals surface area contributed by atoms with Gasteiger partial charge >= 0.3 is 5.97 Å². The van der Waals surface area contributed by atoms with Crippen molar-refractivity contribution in [3.8, 4) is 0 Å². The number of halogens is 1. The summed E-state index contributed by atoms with van der Waals surface area (Å²) in [6, 6.07) is 4.87. The first-order valence-corrected chi connectivity index (χ1v) is 5.85. The van der Waals surface area contributed by atoms with Crippen molar-refractivity contribution < 1.29 is 19.0 Å². The van der Waals surface area contributed by atoms with Crippen molar-refractivity contribution in [2.24, 2.45) is 5.92 Å². The molecule has 1 fully saturated rings. The number of methoxy groups -OCH3 is 1. The van der Waals surface area contributed by atoms with Crippen LogP contribution in [0.3, 0.4) is 0 Å². The first-order valence-electron chi connectivity index (χ1n) is 5.85. The van der Waals surface area contributed by atoms with Crippen LogP contribution in [-0.2, 0) is 16.1 Å². The molecular weight excluding hydrogens is 237 g/mol. The topological polar surface area (TPSA) is 58.6 Å². The van der Waals surface area contributed by atoms with E-state index in [0.29, 0.717) is 18.5 Å². The van der Waals surface area contributed by atoms with Crippen molar-refractivity contribution in [1.29, 1.82) is 0 Å². The first-order chi connectivity index (χ1) is 8.61. The number of rotatable bonds is 4. The molecule has 1 saturated heterocycles. The average Bonchev–Trinajstić information content (AvgIpc) is 2.81. The molecule has 0 amide bonds. The maximum absolute atomic E-state index is 13.7. The highest BCUT2D eigenvalue weighted by Gasteiger charge is 2.30. The lowest BCUT2D eigenvalue weighted by Crippen LogP contribution is -2.17. The van der Waals surface area contributed by atoms with Gasteiger partial charge in [0.2, 0.25) is 0 Å². The van der Waals surface area contributed by atoms with E-state index >= 15 is 0 Å². The molecule has 4 nitrogen and oxygen atoms in total. The molecule has 1 heterocycles. The van der Waals surface area contributed by atoms with Gasteiger partial charge in [0, 0.05) is 25.3 Å². The van der Waals surface area contributed by atoms with Gasteiger partial charge in [-0.3, -0.25) is 4.79 Å². The number of hydrogen-bond donors (Lipinski definition) is 2. The molecule has 2 unspecified atom stereocenters. The predicted octanol–water partition coefficient (Wildman–Crippen LogP) is 1.71. The van der Waals surface area contributed by atoms with Crippen molar-refractivity contribution in [1.82, 2.24) is 5.32 Å². The Balaban J connectivity index is 2.11. The maximum atomic E-state index is 13.7. The molecule has 0 aliphatic carbocycles. The van der Waals surface area contributed by atoms with E-state index in [-0.39, 0.29) is 18.5 Å². The lowest BCUT2D eigenvalue weighted by Gasteiger charge is -2.12. The second-order valence-electron chi connectivity index (χ2n) is 4.52. The van der Waals surface area contributed by atoms with Crippen LogP contribution in [0, 0.1) is 11.7 Å². The SMILES string of the molecule is COCc1ccc(C2CC(C(=O)O)CN2)cc1F. The fourth-order valence-electron chi connectivity index (χ4n) is 2.23. The van der Waals surface area contributed by atoms with E-state index < -0.39 is 11.9 Å². The highest BCUT2D eigenvalue weighted by Crippen LogP contribution is 2.28. The van der Waals surface area contributed by atoms with Crippen molar-refractivity contribution in [2.45, 2.75) is 19.1 Å². The molecule has 0 aromatic heterocycles. The molecule has 5 heteroatoms. The summed E-state index contributed by atoms with van der Waals surface area (Å²) in [5, 5.41) is 12.0. The van der Waals surface area contributed by atoms with Gasteiger partial charge in [0.15, 0.2) is 0 Å². The molecule has 1 aromatic rings. The van der Waals surface area contributed by atoms with Crippen molar-refractivity contribution in [2.75, 3.05) is 13.7 Å². The van der Waals surface area contributed by atoms with Gasteiger partial charge in [-0.1, -0.05) is 12.1 Å². The van der Waals surface area contributed by atoms with Gasteiger partial charge < -0.3 is 15.2 Å². The number of aliphatic carboxylic acids is 1. The van der Waals surface area contributed by atoms with E-state index in [1.807, 2.05) is 6.07 Å². The largest absolute Gasteiger partial charge is 0.481 e. The molecule has 1 aliphatic heterocycles. The number of carbonyl (C=O) groups is 1. The van der Waals surface area contributed by atoms with E-state index in [2.05, 4.69) is 5.32 Å². The predicted molar refractivity (Wildman–Crippen MR) is 63.6 cm³/mol. The first kappa shape index (κ1) is 13.0. The average molecular weight is 253 g/mol. The molecule has 0 bridgehead atoms. The monoisotopic (exact) mass is 253 g/mol. The number of benzene rings is 1. The molecule has 1 aromatic carbocycles. The highest BCUT2D eigenvalue weighted by atomic mass is 19.1. The Morgan fingerprint density at radius 1 is 1.61 bits per heavy atom. The zero-order valence-corrected chi connectivity index (χ0v) is 10.1. The number of carboxylic acid groups (broad SMARTS) is 1.